The lowest BCUT2D eigenvalue weighted by atomic mass is 10.1. The van der Waals surface area contributed by atoms with Crippen LogP contribution in [0, 0.1) is 11.3 Å². The minimum absolute atomic E-state index is 0.00901. The number of benzene rings is 1. The van der Waals surface area contributed by atoms with Crippen LogP contribution in [0.2, 0.25) is 0 Å². The fourth-order valence-electron chi connectivity index (χ4n) is 4.49. The van der Waals surface area contributed by atoms with E-state index in [0.717, 1.165) is 25.2 Å². The maximum Gasteiger partial charge on any atom is 0.252 e. The van der Waals surface area contributed by atoms with Crippen molar-refractivity contribution in [1.29, 1.82) is 5.26 Å². The normalized spacial score (nSPS) is 15.0. The van der Waals surface area contributed by atoms with Crippen LogP contribution in [0.5, 0.6) is 0 Å². The highest BCUT2D eigenvalue weighted by Gasteiger charge is 2.20. The molecule has 1 fully saturated rings. The molecule has 1 atom stereocenters. The van der Waals surface area contributed by atoms with Gasteiger partial charge in [-0.2, -0.15) is 10.2 Å². The predicted octanol–water partition coefficient (Wildman–Crippen LogP) is 3.25. The quantitative estimate of drug-likeness (QED) is 0.512. The molecule has 0 bridgehead atoms. The lowest BCUT2D eigenvalue weighted by Gasteiger charge is -2.34. The molecule has 1 aliphatic heterocycles. The molecule has 186 valence electrons. The molecule has 9 nitrogen and oxygen atoms in total. The number of amides is 1. The van der Waals surface area contributed by atoms with E-state index in [0.29, 0.717) is 30.1 Å². The number of aromatic nitrogens is 3. The SMILES string of the molecule is C=CC(=O)N1CCN(Cc2ccc(C(C)Nc3nc(C#N)c4ccc(=O)n(C(C)C)c4n3)cc2)CC1. The maximum atomic E-state index is 12.4. The zero-order chi connectivity index (χ0) is 25.8. The minimum atomic E-state index is -0.164. The first-order chi connectivity index (χ1) is 17.3. The van der Waals surface area contributed by atoms with E-state index in [-0.39, 0.29) is 29.2 Å². The highest BCUT2D eigenvalue weighted by molar-refractivity contribution is 5.87. The van der Waals surface area contributed by atoms with Gasteiger partial charge in [0.15, 0.2) is 5.69 Å². The summed E-state index contributed by atoms with van der Waals surface area (Å²) >= 11 is 0. The van der Waals surface area contributed by atoms with Gasteiger partial charge in [0, 0.05) is 44.8 Å². The Balaban J connectivity index is 1.47. The second-order valence-electron chi connectivity index (χ2n) is 9.29. The van der Waals surface area contributed by atoms with Crippen molar-refractivity contribution >= 4 is 22.9 Å². The Morgan fingerprint density at radius 2 is 1.81 bits per heavy atom. The molecule has 1 N–H and O–H groups in total. The lowest BCUT2D eigenvalue weighted by Crippen LogP contribution is -2.47. The van der Waals surface area contributed by atoms with Crippen molar-refractivity contribution in [1.82, 2.24) is 24.3 Å². The summed E-state index contributed by atoms with van der Waals surface area (Å²) in [5, 5.41) is 13.5. The largest absolute Gasteiger partial charge is 0.348 e. The van der Waals surface area contributed by atoms with Gasteiger partial charge >= 0.3 is 0 Å². The van der Waals surface area contributed by atoms with E-state index in [1.807, 2.05) is 25.7 Å². The highest BCUT2D eigenvalue weighted by atomic mass is 16.2. The number of nitriles is 1. The molecule has 3 heterocycles. The van der Waals surface area contributed by atoms with Crippen LogP contribution < -0.4 is 10.9 Å². The van der Waals surface area contributed by atoms with Gasteiger partial charge in [0.1, 0.15) is 11.7 Å². The number of hydrogen-bond donors (Lipinski definition) is 1. The molecule has 1 aliphatic rings. The third-order valence-corrected chi connectivity index (χ3v) is 6.50. The summed E-state index contributed by atoms with van der Waals surface area (Å²) in [6.07, 6.45) is 1.37. The van der Waals surface area contributed by atoms with Crippen molar-refractivity contribution in [3.63, 3.8) is 0 Å². The summed E-state index contributed by atoms with van der Waals surface area (Å²) in [6.45, 7) is 13.3. The molecular formula is C27H31N7O2. The third kappa shape index (κ3) is 5.29. The fourth-order valence-corrected chi connectivity index (χ4v) is 4.49. The molecule has 3 aromatic rings. The zero-order valence-electron chi connectivity index (χ0n) is 20.9. The Bertz CT molecular complexity index is 1360. The van der Waals surface area contributed by atoms with Crippen LogP contribution in [0.25, 0.3) is 11.0 Å². The van der Waals surface area contributed by atoms with Gasteiger partial charge in [-0.1, -0.05) is 30.8 Å². The van der Waals surface area contributed by atoms with Gasteiger partial charge in [-0.25, -0.2) is 4.98 Å². The van der Waals surface area contributed by atoms with Crippen LogP contribution in [0.4, 0.5) is 5.95 Å². The molecule has 2 aromatic heterocycles. The average molecular weight is 486 g/mol. The van der Waals surface area contributed by atoms with Crippen molar-refractivity contribution in [3.05, 3.63) is 76.2 Å². The monoisotopic (exact) mass is 485 g/mol. The number of nitrogens with zero attached hydrogens (tertiary/aromatic N) is 6. The van der Waals surface area contributed by atoms with Crippen LogP contribution in [-0.4, -0.2) is 56.4 Å². The van der Waals surface area contributed by atoms with Crippen molar-refractivity contribution in [2.75, 3.05) is 31.5 Å². The molecule has 4 rings (SSSR count). The molecule has 1 unspecified atom stereocenters. The molecule has 9 heteroatoms. The number of rotatable bonds is 7. The number of carbonyl (C=O) groups excluding carboxylic acids is 1. The summed E-state index contributed by atoms with van der Waals surface area (Å²) in [7, 11) is 0. The van der Waals surface area contributed by atoms with E-state index < -0.39 is 0 Å². The first-order valence-electron chi connectivity index (χ1n) is 12.1. The lowest BCUT2D eigenvalue weighted by molar-refractivity contribution is -0.127. The second kappa shape index (κ2) is 10.7. The smallest absolute Gasteiger partial charge is 0.252 e. The number of piperazine rings is 1. The third-order valence-electron chi connectivity index (χ3n) is 6.50. The van der Waals surface area contributed by atoms with E-state index in [2.05, 4.69) is 57.1 Å². The van der Waals surface area contributed by atoms with Gasteiger partial charge in [0.2, 0.25) is 11.9 Å². The van der Waals surface area contributed by atoms with Gasteiger partial charge in [0.25, 0.3) is 5.56 Å². The Hall–Kier alpha value is -4.03. The molecule has 1 amide bonds. The maximum absolute atomic E-state index is 12.4. The molecule has 36 heavy (non-hydrogen) atoms. The van der Waals surface area contributed by atoms with Gasteiger partial charge in [0.05, 0.1) is 11.4 Å². The van der Waals surface area contributed by atoms with Crippen LogP contribution in [0.15, 0.2) is 53.8 Å². The summed E-state index contributed by atoms with van der Waals surface area (Å²) in [5.74, 6) is 0.299. The van der Waals surface area contributed by atoms with Crippen molar-refractivity contribution in [2.24, 2.45) is 0 Å². The summed E-state index contributed by atoms with van der Waals surface area (Å²) in [6, 6.07) is 13.3. The summed E-state index contributed by atoms with van der Waals surface area (Å²) in [5.41, 5.74) is 2.77. The second-order valence-corrected chi connectivity index (χ2v) is 9.29. The van der Waals surface area contributed by atoms with E-state index in [1.165, 1.54) is 17.7 Å². The number of nitrogens with one attached hydrogen (secondary N) is 1. The van der Waals surface area contributed by atoms with Gasteiger partial charge < -0.3 is 10.2 Å². The first-order valence-corrected chi connectivity index (χ1v) is 12.1. The summed E-state index contributed by atoms with van der Waals surface area (Å²) in [4.78, 5) is 37.4. The standard InChI is InChI=1S/C27H31N7O2/c1-5-24(35)33-14-12-32(13-15-33)17-20-6-8-21(9-7-20)19(4)29-27-30-23(16-28)22-10-11-25(36)34(18(2)3)26(22)31-27/h5-11,18-19H,1,12-15,17H2,2-4H3,(H,29,30,31). The number of fused-ring (bicyclic) bond motifs is 1. The summed E-state index contributed by atoms with van der Waals surface area (Å²) < 4.78 is 1.58. The Kier molecular flexibility index (Phi) is 7.46. The molecule has 0 radical (unpaired) electrons. The fraction of sp³-hybridized carbons (Fsp3) is 0.370. The van der Waals surface area contributed by atoms with Crippen LogP contribution in [-0.2, 0) is 11.3 Å². The number of anilines is 1. The average Bonchev–Trinajstić information content (AvgIpc) is 2.88. The molecule has 0 aliphatic carbocycles. The van der Waals surface area contributed by atoms with Crippen molar-refractivity contribution in [2.45, 2.75) is 39.4 Å². The van der Waals surface area contributed by atoms with Gasteiger partial charge in [-0.3, -0.25) is 19.1 Å². The molecule has 0 saturated carbocycles. The van der Waals surface area contributed by atoms with E-state index in [4.69, 9.17) is 0 Å². The van der Waals surface area contributed by atoms with Gasteiger partial charge in [-0.15, -0.1) is 0 Å². The minimum Gasteiger partial charge on any atom is -0.348 e. The van der Waals surface area contributed by atoms with Crippen LogP contribution in [0.3, 0.4) is 0 Å². The molecule has 1 aromatic carbocycles. The Morgan fingerprint density at radius 3 is 2.42 bits per heavy atom. The molecule has 0 spiro atoms. The van der Waals surface area contributed by atoms with Crippen LogP contribution in [0.1, 0.15) is 49.7 Å². The van der Waals surface area contributed by atoms with Crippen LogP contribution >= 0.6 is 0 Å². The zero-order valence-corrected chi connectivity index (χ0v) is 20.9. The highest BCUT2D eigenvalue weighted by Crippen LogP contribution is 2.22. The topological polar surface area (TPSA) is 107 Å². The van der Waals surface area contributed by atoms with Crippen molar-refractivity contribution < 1.29 is 4.79 Å². The van der Waals surface area contributed by atoms with E-state index >= 15 is 0 Å². The van der Waals surface area contributed by atoms with Gasteiger partial charge in [-0.05, 0) is 44.0 Å². The Morgan fingerprint density at radius 1 is 1.11 bits per heavy atom. The molecular weight excluding hydrogens is 454 g/mol. The first kappa shape index (κ1) is 25.1. The van der Waals surface area contributed by atoms with Crippen molar-refractivity contribution in [3.8, 4) is 6.07 Å². The van der Waals surface area contributed by atoms with E-state index in [9.17, 15) is 14.9 Å². The predicted molar refractivity (Wildman–Crippen MR) is 139 cm³/mol. The van der Waals surface area contributed by atoms with E-state index in [1.54, 1.807) is 10.6 Å². The Labute approximate surface area is 210 Å². The number of pyridine rings is 1. The number of carbonyl (C=O) groups is 1. The number of hydrogen-bond acceptors (Lipinski definition) is 7. The molecule has 1 saturated heterocycles.